The second-order valence-corrected chi connectivity index (χ2v) is 6.68. The zero-order valence-electron chi connectivity index (χ0n) is 13.5. The summed E-state index contributed by atoms with van der Waals surface area (Å²) in [5, 5.41) is 13.1. The van der Waals surface area contributed by atoms with Gasteiger partial charge in [0, 0.05) is 18.0 Å². The normalized spacial score (nSPS) is 24.7. The summed E-state index contributed by atoms with van der Waals surface area (Å²) in [5.74, 6) is -0.0408. The molecule has 6 nitrogen and oxygen atoms in total. The van der Waals surface area contributed by atoms with Gasteiger partial charge in [0.15, 0.2) is 5.78 Å². The molecule has 2 atom stereocenters. The van der Waals surface area contributed by atoms with Crippen molar-refractivity contribution in [3.05, 3.63) is 27.9 Å². The fraction of sp³-hybridized carbons (Fsp3) is 0.706. The topological polar surface area (TPSA) is 84.2 Å². The van der Waals surface area contributed by atoms with Crippen molar-refractivity contribution in [2.45, 2.75) is 70.1 Å². The minimum absolute atomic E-state index is 0.0408. The molecule has 1 unspecified atom stereocenters. The Morgan fingerprint density at radius 3 is 2.96 bits per heavy atom. The summed E-state index contributed by atoms with van der Waals surface area (Å²) in [5.41, 5.74) is 1.62. The SMILES string of the molecule is O=C(CC1NCCC[C@@H]1O)Cn1cnc2c(c1=O)CCCCC2. The first-order chi connectivity index (χ1) is 11.1. The van der Waals surface area contributed by atoms with Crippen molar-refractivity contribution in [3.8, 4) is 0 Å². The summed E-state index contributed by atoms with van der Waals surface area (Å²) in [6.45, 7) is 0.874. The number of rotatable bonds is 4. The molecule has 0 saturated carbocycles. The molecule has 0 radical (unpaired) electrons. The van der Waals surface area contributed by atoms with Crippen molar-refractivity contribution in [3.63, 3.8) is 0 Å². The van der Waals surface area contributed by atoms with Crippen LogP contribution in [0.2, 0.25) is 0 Å². The van der Waals surface area contributed by atoms with Crippen LogP contribution in [0.15, 0.2) is 11.1 Å². The van der Waals surface area contributed by atoms with Crippen LogP contribution >= 0.6 is 0 Å². The Hall–Kier alpha value is -1.53. The zero-order chi connectivity index (χ0) is 16.2. The molecule has 0 spiro atoms. The van der Waals surface area contributed by atoms with Crippen LogP contribution < -0.4 is 10.9 Å². The summed E-state index contributed by atoms with van der Waals surface area (Å²) >= 11 is 0. The largest absolute Gasteiger partial charge is 0.391 e. The quantitative estimate of drug-likeness (QED) is 0.793. The molecule has 3 rings (SSSR count). The van der Waals surface area contributed by atoms with E-state index in [1.807, 2.05) is 0 Å². The minimum Gasteiger partial charge on any atom is -0.391 e. The van der Waals surface area contributed by atoms with Gasteiger partial charge < -0.3 is 10.4 Å². The molecular weight excluding hydrogens is 294 g/mol. The van der Waals surface area contributed by atoms with Gasteiger partial charge in [-0.05, 0) is 45.1 Å². The van der Waals surface area contributed by atoms with E-state index in [0.717, 1.165) is 62.7 Å². The van der Waals surface area contributed by atoms with Crippen molar-refractivity contribution in [2.24, 2.45) is 0 Å². The predicted octanol–water partition coefficient (Wildman–Crippen LogP) is 0.584. The van der Waals surface area contributed by atoms with Crippen LogP contribution in [0.4, 0.5) is 0 Å². The van der Waals surface area contributed by atoms with Gasteiger partial charge in [-0.25, -0.2) is 4.98 Å². The average Bonchev–Trinajstić information content (AvgIpc) is 2.78. The summed E-state index contributed by atoms with van der Waals surface area (Å²) in [7, 11) is 0. The highest BCUT2D eigenvalue weighted by Gasteiger charge is 2.25. The zero-order valence-corrected chi connectivity index (χ0v) is 13.5. The van der Waals surface area contributed by atoms with Crippen molar-refractivity contribution in [2.75, 3.05) is 6.54 Å². The van der Waals surface area contributed by atoms with Crippen LogP contribution in [0.1, 0.15) is 49.8 Å². The number of aliphatic hydroxyl groups excluding tert-OH is 1. The Bertz CT molecular complexity index is 626. The molecule has 0 amide bonds. The molecule has 1 aliphatic carbocycles. The maximum atomic E-state index is 12.6. The molecule has 23 heavy (non-hydrogen) atoms. The van der Waals surface area contributed by atoms with Gasteiger partial charge in [-0.1, -0.05) is 6.42 Å². The first-order valence-corrected chi connectivity index (χ1v) is 8.65. The van der Waals surface area contributed by atoms with E-state index in [1.54, 1.807) is 0 Å². The van der Waals surface area contributed by atoms with E-state index in [-0.39, 0.29) is 30.3 Å². The van der Waals surface area contributed by atoms with E-state index in [4.69, 9.17) is 0 Å². The highest BCUT2D eigenvalue weighted by atomic mass is 16.3. The van der Waals surface area contributed by atoms with Crippen molar-refractivity contribution in [1.29, 1.82) is 0 Å². The van der Waals surface area contributed by atoms with E-state index in [0.29, 0.717) is 0 Å². The minimum atomic E-state index is -0.477. The first kappa shape index (κ1) is 16.3. The van der Waals surface area contributed by atoms with Crippen molar-refractivity contribution >= 4 is 5.78 Å². The second-order valence-electron chi connectivity index (χ2n) is 6.68. The number of fused-ring (bicyclic) bond motifs is 1. The van der Waals surface area contributed by atoms with Crippen LogP contribution in [0, 0.1) is 0 Å². The molecular formula is C17H25N3O3. The number of aryl methyl sites for hydroxylation is 1. The van der Waals surface area contributed by atoms with Crippen molar-refractivity contribution < 1.29 is 9.90 Å². The van der Waals surface area contributed by atoms with Gasteiger partial charge in [-0.3, -0.25) is 14.2 Å². The van der Waals surface area contributed by atoms with Gasteiger partial charge in [-0.2, -0.15) is 0 Å². The lowest BCUT2D eigenvalue weighted by Gasteiger charge is -2.28. The third-order valence-electron chi connectivity index (χ3n) is 4.90. The smallest absolute Gasteiger partial charge is 0.257 e. The van der Waals surface area contributed by atoms with Gasteiger partial charge in [0.2, 0.25) is 0 Å². The van der Waals surface area contributed by atoms with Gasteiger partial charge in [0.05, 0.1) is 24.7 Å². The number of hydrogen-bond donors (Lipinski definition) is 2. The Morgan fingerprint density at radius 2 is 2.13 bits per heavy atom. The van der Waals surface area contributed by atoms with E-state index in [9.17, 15) is 14.7 Å². The van der Waals surface area contributed by atoms with Crippen LogP contribution in [0.3, 0.4) is 0 Å². The maximum Gasteiger partial charge on any atom is 0.257 e. The lowest BCUT2D eigenvalue weighted by atomic mass is 9.97. The predicted molar refractivity (Wildman–Crippen MR) is 86.4 cm³/mol. The van der Waals surface area contributed by atoms with Crippen LogP contribution in [0.5, 0.6) is 0 Å². The Labute approximate surface area is 135 Å². The summed E-state index contributed by atoms with van der Waals surface area (Å²) < 4.78 is 1.43. The maximum absolute atomic E-state index is 12.6. The number of carbonyl (C=O) groups is 1. The standard InChI is InChI=1S/C17H25N3O3/c21-12(9-15-16(22)7-4-8-18-15)10-20-11-19-14-6-3-1-2-5-13(14)17(20)23/h11,15-16,18,22H,1-10H2/t15?,16-/m0/s1. The molecule has 2 heterocycles. The number of nitrogens with one attached hydrogen (secondary N) is 1. The average molecular weight is 319 g/mol. The molecule has 2 aliphatic rings. The molecule has 6 heteroatoms. The molecule has 126 valence electrons. The monoisotopic (exact) mass is 319 g/mol. The Kier molecular flexibility index (Phi) is 5.23. The molecule has 1 saturated heterocycles. The Balaban J connectivity index is 1.69. The Morgan fingerprint density at radius 1 is 1.30 bits per heavy atom. The number of carbonyl (C=O) groups excluding carboxylic acids is 1. The van der Waals surface area contributed by atoms with E-state index < -0.39 is 6.10 Å². The molecule has 1 fully saturated rings. The first-order valence-electron chi connectivity index (χ1n) is 8.65. The van der Waals surface area contributed by atoms with Crippen LogP contribution in [-0.4, -0.2) is 39.1 Å². The van der Waals surface area contributed by atoms with E-state index >= 15 is 0 Å². The van der Waals surface area contributed by atoms with Crippen molar-refractivity contribution in [1.82, 2.24) is 14.9 Å². The molecule has 0 bridgehead atoms. The molecule has 1 aliphatic heterocycles. The van der Waals surface area contributed by atoms with Gasteiger partial charge >= 0.3 is 0 Å². The molecule has 2 N–H and O–H groups in total. The van der Waals surface area contributed by atoms with Crippen LogP contribution in [-0.2, 0) is 24.2 Å². The lowest BCUT2D eigenvalue weighted by Crippen LogP contribution is -2.46. The van der Waals surface area contributed by atoms with E-state index in [1.165, 1.54) is 10.9 Å². The third kappa shape index (κ3) is 3.87. The van der Waals surface area contributed by atoms with E-state index in [2.05, 4.69) is 10.3 Å². The lowest BCUT2D eigenvalue weighted by molar-refractivity contribution is -0.121. The highest BCUT2D eigenvalue weighted by molar-refractivity contribution is 5.78. The number of aliphatic hydroxyl groups is 1. The number of ketones is 1. The summed E-state index contributed by atoms with van der Waals surface area (Å²) in [4.78, 5) is 29.2. The number of nitrogens with zero attached hydrogens (tertiary/aromatic N) is 2. The molecule has 1 aromatic rings. The third-order valence-corrected chi connectivity index (χ3v) is 4.90. The summed E-state index contributed by atoms with van der Waals surface area (Å²) in [6, 6.07) is -0.194. The number of aromatic nitrogens is 2. The fourth-order valence-corrected chi connectivity index (χ4v) is 3.56. The summed E-state index contributed by atoms with van der Waals surface area (Å²) in [6.07, 6.45) is 7.78. The number of hydrogen-bond acceptors (Lipinski definition) is 5. The number of piperidine rings is 1. The molecule has 1 aromatic heterocycles. The van der Waals surface area contributed by atoms with Gasteiger partial charge in [-0.15, -0.1) is 0 Å². The van der Waals surface area contributed by atoms with Crippen LogP contribution in [0.25, 0.3) is 0 Å². The second kappa shape index (κ2) is 7.36. The van der Waals surface area contributed by atoms with Gasteiger partial charge in [0.25, 0.3) is 5.56 Å². The fourth-order valence-electron chi connectivity index (χ4n) is 3.56. The molecule has 0 aromatic carbocycles. The number of Topliss-reactive ketones (excluding diaryl/α,β-unsaturated/α-hetero) is 1. The highest BCUT2D eigenvalue weighted by Crippen LogP contribution is 2.16. The van der Waals surface area contributed by atoms with Gasteiger partial charge in [0.1, 0.15) is 0 Å².